The van der Waals surface area contributed by atoms with Gasteiger partial charge in [0, 0.05) is 33.6 Å². The highest BCUT2D eigenvalue weighted by Crippen LogP contribution is 2.38. The molecule has 0 aliphatic heterocycles. The summed E-state index contributed by atoms with van der Waals surface area (Å²) < 4.78 is 0. The molecule has 0 atom stereocenters. The maximum absolute atomic E-state index is 12.3. The highest BCUT2D eigenvalue weighted by Gasteiger charge is 2.39. The number of rotatable bonds is 5. The molecule has 1 aliphatic carbocycles. The second kappa shape index (κ2) is 6.89. The van der Waals surface area contributed by atoms with Gasteiger partial charge in [-0.2, -0.15) is 0 Å². The standard InChI is InChI=1S/C14H27N3O2/c1-11-4-7-14(10-15,8-5-11)13(19)16-9-6-12(18)17(2)3/h11H,4-10,15H2,1-3H3,(H,16,19). The van der Waals surface area contributed by atoms with E-state index in [9.17, 15) is 9.59 Å². The third kappa shape index (κ3) is 4.20. The molecule has 2 amide bonds. The summed E-state index contributed by atoms with van der Waals surface area (Å²) in [7, 11) is 3.43. The molecule has 1 fully saturated rings. The minimum absolute atomic E-state index is 0.0217. The molecule has 0 bridgehead atoms. The van der Waals surface area contributed by atoms with Gasteiger partial charge in [-0.15, -0.1) is 0 Å². The first kappa shape index (κ1) is 16.0. The fraction of sp³-hybridized carbons (Fsp3) is 0.857. The van der Waals surface area contributed by atoms with Gasteiger partial charge in [-0.25, -0.2) is 0 Å². The van der Waals surface area contributed by atoms with Gasteiger partial charge in [0.2, 0.25) is 11.8 Å². The molecule has 0 aromatic carbocycles. The molecule has 1 saturated carbocycles. The molecule has 110 valence electrons. The molecule has 0 unspecified atom stereocenters. The van der Waals surface area contributed by atoms with Crippen LogP contribution in [0.2, 0.25) is 0 Å². The quantitative estimate of drug-likeness (QED) is 0.773. The average Bonchev–Trinajstić information content (AvgIpc) is 2.39. The zero-order valence-corrected chi connectivity index (χ0v) is 12.4. The third-order valence-electron chi connectivity index (χ3n) is 4.23. The van der Waals surface area contributed by atoms with Crippen molar-refractivity contribution in [1.82, 2.24) is 10.2 Å². The lowest BCUT2D eigenvalue weighted by Gasteiger charge is -2.37. The van der Waals surface area contributed by atoms with Crippen molar-refractivity contribution in [3.8, 4) is 0 Å². The van der Waals surface area contributed by atoms with E-state index < -0.39 is 5.41 Å². The summed E-state index contributed by atoms with van der Waals surface area (Å²) in [5.41, 5.74) is 5.42. The Balaban J connectivity index is 2.44. The van der Waals surface area contributed by atoms with Crippen LogP contribution >= 0.6 is 0 Å². The van der Waals surface area contributed by atoms with Gasteiger partial charge in [-0.05, 0) is 31.6 Å². The molecule has 5 nitrogen and oxygen atoms in total. The number of hydrogen-bond acceptors (Lipinski definition) is 3. The summed E-state index contributed by atoms with van der Waals surface area (Å²) in [6.07, 6.45) is 4.18. The smallest absolute Gasteiger partial charge is 0.227 e. The molecule has 0 aromatic rings. The first-order chi connectivity index (χ1) is 8.91. The van der Waals surface area contributed by atoms with Gasteiger partial charge in [0.15, 0.2) is 0 Å². The van der Waals surface area contributed by atoms with Gasteiger partial charge in [0.1, 0.15) is 0 Å². The Morgan fingerprint density at radius 2 is 1.89 bits per heavy atom. The Labute approximate surface area is 115 Å². The molecule has 3 N–H and O–H groups in total. The summed E-state index contributed by atoms with van der Waals surface area (Å²) in [5.74, 6) is 0.732. The summed E-state index contributed by atoms with van der Waals surface area (Å²) in [6.45, 7) is 3.01. The van der Waals surface area contributed by atoms with Crippen LogP contribution in [0.15, 0.2) is 0 Å². The molecule has 5 heteroatoms. The van der Waals surface area contributed by atoms with Gasteiger partial charge in [0.05, 0.1) is 5.41 Å². The van der Waals surface area contributed by atoms with E-state index in [1.807, 2.05) is 0 Å². The Hall–Kier alpha value is -1.10. The minimum Gasteiger partial charge on any atom is -0.355 e. The molecular weight excluding hydrogens is 242 g/mol. The summed E-state index contributed by atoms with van der Waals surface area (Å²) in [5, 5.41) is 2.88. The van der Waals surface area contributed by atoms with E-state index in [2.05, 4.69) is 12.2 Å². The van der Waals surface area contributed by atoms with Crippen molar-refractivity contribution in [3.05, 3.63) is 0 Å². The predicted octanol–water partition coefficient (Wildman–Crippen LogP) is 0.736. The van der Waals surface area contributed by atoms with Crippen molar-refractivity contribution in [1.29, 1.82) is 0 Å². The molecular formula is C14H27N3O2. The van der Waals surface area contributed by atoms with E-state index in [1.165, 1.54) is 4.90 Å². The lowest BCUT2D eigenvalue weighted by Crippen LogP contribution is -2.48. The van der Waals surface area contributed by atoms with Gasteiger partial charge in [-0.1, -0.05) is 6.92 Å². The van der Waals surface area contributed by atoms with E-state index in [-0.39, 0.29) is 11.8 Å². The lowest BCUT2D eigenvalue weighted by atomic mass is 9.70. The Morgan fingerprint density at radius 3 is 2.37 bits per heavy atom. The van der Waals surface area contributed by atoms with Crippen LogP contribution in [0, 0.1) is 11.3 Å². The number of amides is 2. The molecule has 0 heterocycles. The van der Waals surface area contributed by atoms with Crippen LogP contribution in [0.3, 0.4) is 0 Å². The van der Waals surface area contributed by atoms with Gasteiger partial charge >= 0.3 is 0 Å². The number of nitrogens with one attached hydrogen (secondary N) is 1. The van der Waals surface area contributed by atoms with Crippen LogP contribution in [-0.4, -0.2) is 43.9 Å². The van der Waals surface area contributed by atoms with Crippen molar-refractivity contribution in [2.24, 2.45) is 17.1 Å². The van der Waals surface area contributed by atoms with Crippen molar-refractivity contribution in [3.63, 3.8) is 0 Å². The second-order valence-electron chi connectivity index (χ2n) is 5.96. The molecule has 0 radical (unpaired) electrons. The monoisotopic (exact) mass is 269 g/mol. The predicted molar refractivity (Wildman–Crippen MR) is 75.4 cm³/mol. The van der Waals surface area contributed by atoms with Crippen LogP contribution in [0.5, 0.6) is 0 Å². The van der Waals surface area contributed by atoms with Crippen molar-refractivity contribution in [2.45, 2.75) is 39.0 Å². The summed E-state index contributed by atoms with van der Waals surface area (Å²) in [6, 6.07) is 0. The summed E-state index contributed by atoms with van der Waals surface area (Å²) in [4.78, 5) is 25.3. The molecule has 0 saturated heterocycles. The van der Waals surface area contributed by atoms with E-state index in [1.54, 1.807) is 14.1 Å². The minimum atomic E-state index is -0.409. The Bertz CT molecular complexity index is 321. The number of carbonyl (C=O) groups is 2. The highest BCUT2D eigenvalue weighted by atomic mass is 16.2. The molecule has 0 spiro atoms. The number of nitrogens with two attached hydrogens (primary N) is 1. The van der Waals surface area contributed by atoms with Crippen LogP contribution in [0.4, 0.5) is 0 Å². The zero-order chi connectivity index (χ0) is 14.5. The van der Waals surface area contributed by atoms with Crippen LogP contribution in [0.1, 0.15) is 39.0 Å². The largest absolute Gasteiger partial charge is 0.355 e. The maximum Gasteiger partial charge on any atom is 0.227 e. The molecule has 1 aliphatic rings. The van der Waals surface area contributed by atoms with Gasteiger partial charge in [0.25, 0.3) is 0 Å². The van der Waals surface area contributed by atoms with Crippen molar-refractivity contribution < 1.29 is 9.59 Å². The van der Waals surface area contributed by atoms with Crippen LogP contribution < -0.4 is 11.1 Å². The first-order valence-electron chi connectivity index (χ1n) is 7.10. The zero-order valence-electron chi connectivity index (χ0n) is 12.4. The number of carbonyl (C=O) groups excluding carboxylic acids is 2. The fourth-order valence-corrected chi connectivity index (χ4v) is 2.53. The van der Waals surface area contributed by atoms with E-state index in [4.69, 9.17) is 5.73 Å². The second-order valence-corrected chi connectivity index (χ2v) is 5.96. The van der Waals surface area contributed by atoms with E-state index >= 15 is 0 Å². The molecule has 0 aromatic heterocycles. The SMILES string of the molecule is CC1CCC(CN)(C(=O)NCCC(=O)N(C)C)CC1. The highest BCUT2D eigenvalue weighted by molar-refractivity contribution is 5.83. The normalized spacial score (nSPS) is 26.8. The molecule has 19 heavy (non-hydrogen) atoms. The Morgan fingerprint density at radius 1 is 1.32 bits per heavy atom. The number of hydrogen-bond donors (Lipinski definition) is 2. The maximum atomic E-state index is 12.3. The molecule has 1 rings (SSSR count). The summed E-state index contributed by atoms with van der Waals surface area (Å²) >= 11 is 0. The number of nitrogens with zero attached hydrogens (tertiary/aromatic N) is 1. The van der Waals surface area contributed by atoms with E-state index in [0.717, 1.165) is 25.7 Å². The topological polar surface area (TPSA) is 75.4 Å². The van der Waals surface area contributed by atoms with Crippen LogP contribution in [-0.2, 0) is 9.59 Å². The van der Waals surface area contributed by atoms with Crippen LogP contribution in [0.25, 0.3) is 0 Å². The fourth-order valence-electron chi connectivity index (χ4n) is 2.53. The van der Waals surface area contributed by atoms with Gasteiger partial charge < -0.3 is 16.0 Å². The van der Waals surface area contributed by atoms with Crippen molar-refractivity contribution in [2.75, 3.05) is 27.2 Å². The van der Waals surface area contributed by atoms with E-state index in [0.29, 0.717) is 25.4 Å². The van der Waals surface area contributed by atoms with Crippen molar-refractivity contribution >= 4 is 11.8 Å². The first-order valence-corrected chi connectivity index (χ1v) is 7.10. The van der Waals surface area contributed by atoms with Gasteiger partial charge in [-0.3, -0.25) is 9.59 Å². The lowest BCUT2D eigenvalue weighted by molar-refractivity contribution is -0.133. The average molecular weight is 269 g/mol. The third-order valence-corrected chi connectivity index (χ3v) is 4.23. The Kier molecular flexibility index (Phi) is 5.79.